The van der Waals surface area contributed by atoms with Crippen LogP contribution in [0.2, 0.25) is 0 Å². The van der Waals surface area contributed by atoms with Crippen LogP contribution < -0.4 is 9.52 Å². The van der Waals surface area contributed by atoms with Crippen molar-refractivity contribution in [1.29, 1.82) is 0 Å². The van der Waals surface area contributed by atoms with E-state index in [1.807, 2.05) is 30.7 Å². The second-order valence-electron chi connectivity index (χ2n) is 9.61. The van der Waals surface area contributed by atoms with E-state index < -0.39 is 28.0 Å². The minimum Gasteiger partial charge on any atom is -0.478 e. The van der Waals surface area contributed by atoms with E-state index in [0.717, 1.165) is 17.0 Å². The largest absolute Gasteiger partial charge is 0.478 e. The van der Waals surface area contributed by atoms with Crippen molar-refractivity contribution in [3.05, 3.63) is 75.0 Å². The highest BCUT2D eigenvalue weighted by Gasteiger charge is 2.25. The Balaban J connectivity index is 1.57. The second-order valence-corrected chi connectivity index (χ2v) is 12.3. The summed E-state index contributed by atoms with van der Waals surface area (Å²) in [6, 6.07) is 13.5. The first-order valence-electron chi connectivity index (χ1n) is 13.6. The zero-order valence-corrected chi connectivity index (χ0v) is 25.0. The lowest BCUT2D eigenvalue weighted by molar-refractivity contribution is -0.133. The molecule has 42 heavy (non-hydrogen) atoms. The van der Waals surface area contributed by atoms with E-state index in [-0.39, 0.29) is 22.6 Å². The molecular weight excluding hydrogens is 580 g/mol. The summed E-state index contributed by atoms with van der Waals surface area (Å²) < 4.78 is 34.5. The van der Waals surface area contributed by atoms with Gasteiger partial charge in [-0.05, 0) is 49.3 Å². The van der Waals surface area contributed by atoms with Crippen molar-refractivity contribution in [2.75, 3.05) is 6.61 Å². The minimum atomic E-state index is -4.19. The van der Waals surface area contributed by atoms with Gasteiger partial charge in [-0.15, -0.1) is 0 Å². The molecule has 0 saturated heterocycles. The lowest BCUT2D eigenvalue weighted by Crippen LogP contribution is -2.31. The van der Waals surface area contributed by atoms with Gasteiger partial charge in [-0.2, -0.15) is 10.1 Å². The third kappa shape index (κ3) is 7.39. The highest BCUT2D eigenvalue weighted by atomic mass is 32.2. The van der Waals surface area contributed by atoms with Gasteiger partial charge < -0.3 is 9.84 Å². The first-order valence-corrected chi connectivity index (χ1v) is 15.9. The zero-order chi connectivity index (χ0) is 30.3. The topological polar surface area (TPSA) is 157 Å². The maximum absolute atomic E-state index is 13.0. The summed E-state index contributed by atoms with van der Waals surface area (Å²) in [4.78, 5) is 41.0. The second kappa shape index (κ2) is 13.7. The van der Waals surface area contributed by atoms with E-state index in [0.29, 0.717) is 54.6 Å². The molecule has 11 nitrogen and oxygen atoms in total. The van der Waals surface area contributed by atoms with Crippen LogP contribution in [0.5, 0.6) is 0 Å². The van der Waals surface area contributed by atoms with Crippen LogP contribution in [0.25, 0.3) is 11.1 Å². The summed E-state index contributed by atoms with van der Waals surface area (Å²) in [5, 5.41) is 14.7. The van der Waals surface area contributed by atoms with Crippen molar-refractivity contribution < 1.29 is 32.6 Å². The van der Waals surface area contributed by atoms with Crippen LogP contribution in [0, 0.1) is 0 Å². The number of aromatic nitrogens is 2. The molecular formula is C29H32N4O7S2. The molecule has 1 heterocycles. The molecule has 4 rings (SSSR count). The van der Waals surface area contributed by atoms with Crippen molar-refractivity contribution in [2.45, 2.75) is 63.8 Å². The molecule has 1 aromatic heterocycles. The predicted molar refractivity (Wildman–Crippen MR) is 156 cm³/mol. The van der Waals surface area contributed by atoms with E-state index in [2.05, 4.69) is 10.1 Å². The molecule has 0 saturated carbocycles. The van der Waals surface area contributed by atoms with Crippen LogP contribution in [-0.2, 0) is 37.3 Å². The smallest absolute Gasteiger partial charge is 0.421 e. The predicted octanol–water partition coefficient (Wildman–Crippen LogP) is 4.43. The number of carbonyl (C=O) groups is 3. The van der Waals surface area contributed by atoms with Crippen LogP contribution >= 0.6 is 11.3 Å². The summed E-state index contributed by atoms with van der Waals surface area (Å²) in [6.45, 7) is 4.29. The van der Waals surface area contributed by atoms with E-state index in [1.165, 1.54) is 17.4 Å². The normalized spacial score (nSPS) is 13.8. The van der Waals surface area contributed by atoms with E-state index in [4.69, 9.17) is 4.74 Å². The highest BCUT2D eigenvalue weighted by molar-refractivity contribution is 7.90. The van der Waals surface area contributed by atoms with E-state index in [1.54, 1.807) is 35.0 Å². The molecule has 1 aliphatic rings. The maximum atomic E-state index is 13.0. The van der Waals surface area contributed by atoms with Crippen LogP contribution in [-0.4, -0.2) is 47.9 Å². The number of hydrogen-bond acceptors (Lipinski definition) is 8. The number of unbranched alkanes of at least 4 members (excludes halogenated alkanes) is 1. The number of ether oxygens (including phenoxy) is 1. The average molecular weight is 613 g/mol. The van der Waals surface area contributed by atoms with Gasteiger partial charge in [0, 0.05) is 16.7 Å². The maximum Gasteiger partial charge on any atom is 0.421 e. The number of hydrogen-bond donors (Lipinski definition) is 2. The number of rotatable bonds is 11. The fraction of sp³-hybridized carbons (Fsp3) is 0.345. The molecule has 0 bridgehead atoms. The van der Waals surface area contributed by atoms with Gasteiger partial charge in [-0.25, -0.2) is 27.4 Å². The molecule has 13 heteroatoms. The average Bonchev–Trinajstić information content (AvgIpc) is 3.61. The van der Waals surface area contributed by atoms with Gasteiger partial charge in [-0.3, -0.25) is 4.79 Å². The van der Waals surface area contributed by atoms with E-state index >= 15 is 0 Å². The number of nitrogens with one attached hydrogen (secondary N) is 1. The number of aryl methyl sites for hydroxylation is 1. The summed E-state index contributed by atoms with van der Waals surface area (Å²) in [6.07, 6.45) is 2.40. The Morgan fingerprint density at radius 3 is 2.48 bits per heavy atom. The molecule has 0 atom stereocenters. The Labute approximate surface area is 247 Å². The molecule has 2 amide bonds. The number of nitrogens with zero attached hydrogens (tertiary/aromatic N) is 3. The first kappa shape index (κ1) is 30.8. The number of carboxylic acids is 1. The van der Waals surface area contributed by atoms with Gasteiger partial charge in [0.15, 0.2) is 0 Å². The number of carbonyl (C=O) groups excluding carboxylic acids is 2. The van der Waals surface area contributed by atoms with Gasteiger partial charge in [-0.1, -0.05) is 74.1 Å². The Morgan fingerprint density at radius 2 is 1.79 bits per heavy atom. The third-order valence-corrected chi connectivity index (χ3v) is 9.08. The lowest BCUT2D eigenvalue weighted by Gasteiger charge is -2.12. The molecule has 1 aliphatic carbocycles. The van der Waals surface area contributed by atoms with Crippen molar-refractivity contribution in [1.82, 2.24) is 14.5 Å². The summed E-state index contributed by atoms with van der Waals surface area (Å²) in [5.74, 6) is -1.64. The third-order valence-electron chi connectivity index (χ3n) is 6.62. The van der Waals surface area contributed by atoms with Crippen molar-refractivity contribution >= 4 is 39.3 Å². The monoisotopic (exact) mass is 612 g/mol. The summed E-state index contributed by atoms with van der Waals surface area (Å²) in [5.41, 5.74) is 2.21. The molecule has 0 radical (unpaired) electrons. The number of amides is 2. The fourth-order valence-electron chi connectivity index (χ4n) is 4.46. The van der Waals surface area contributed by atoms with E-state index in [9.17, 15) is 27.9 Å². The van der Waals surface area contributed by atoms with Crippen LogP contribution in [0.4, 0.5) is 4.79 Å². The Kier molecular flexibility index (Phi) is 10.1. The quantitative estimate of drug-likeness (QED) is 0.301. The Bertz CT molecular complexity index is 1690. The standard InChI is InChI=1S/C29H32N4O7S2/c1-3-5-17-40-29(37)32-42(38,39)24-12-7-6-9-21(24)20-15-13-19(14-16-20)18-33-28(41-25(4-2)31-33)30-26(34)22-10-8-11-23(22)27(35)36/h6-7,9,12-16H,3-5,8,10-11,17-18H2,1-2H3,(H,32,37)(H,35,36). The zero-order valence-electron chi connectivity index (χ0n) is 23.3. The Morgan fingerprint density at radius 1 is 1.07 bits per heavy atom. The molecule has 222 valence electrons. The minimum absolute atomic E-state index is 0.0619. The molecule has 0 spiro atoms. The lowest BCUT2D eigenvalue weighted by atomic mass is 10.0. The first-order chi connectivity index (χ1) is 20.1. The summed E-state index contributed by atoms with van der Waals surface area (Å²) >= 11 is 1.27. The van der Waals surface area contributed by atoms with Gasteiger partial charge in [0.25, 0.3) is 15.9 Å². The van der Waals surface area contributed by atoms with Crippen LogP contribution in [0.3, 0.4) is 0 Å². The van der Waals surface area contributed by atoms with Gasteiger partial charge in [0.2, 0.25) is 4.80 Å². The number of benzene rings is 2. The number of carboxylic acid groups (broad SMARTS) is 1. The molecule has 0 aliphatic heterocycles. The van der Waals surface area contributed by atoms with Crippen molar-refractivity contribution in [3.8, 4) is 11.1 Å². The fourth-order valence-corrected chi connectivity index (χ4v) is 6.41. The molecule has 0 unspecified atom stereocenters. The van der Waals surface area contributed by atoms with Crippen molar-refractivity contribution in [2.24, 2.45) is 4.99 Å². The molecule has 2 aromatic carbocycles. The van der Waals surface area contributed by atoms with Crippen molar-refractivity contribution in [3.63, 3.8) is 0 Å². The molecule has 0 fully saturated rings. The van der Waals surface area contributed by atoms with Gasteiger partial charge in [0.1, 0.15) is 5.01 Å². The highest BCUT2D eigenvalue weighted by Crippen LogP contribution is 2.28. The molecule has 2 N–H and O–H groups in total. The molecule has 3 aromatic rings. The van der Waals surface area contributed by atoms with Crippen LogP contribution in [0.1, 0.15) is 56.5 Å². The SMILES string of the molecule is CCCCOC(=O)NS(=O)(=O)c1ccccc1-c1ccc(Cn2nc(CC)sc2=NC(=O)C2=C(C(=O)O)CCC2)cc1. The van der Waals surface area contributed by atoms with Gasteiger partial charge >= 0.3 is 12.1 Å². The number of aliphatic carboxylic acids is 1. The summed E-state index contributed by atoms with van der Waals surface area (Å²) in [7, 11) is -4.19. The number of sulfonamides is 1. The van der Waals surface area contributed by atoms with Crippen LogP contribution in [0.15, 0.2) is 69.6 Å². The Hall–Kier alpha value is -4.10. The van der Waals surface area contributed by atoms with Gasteiger partial charge in [0.05, 0.1) is 18.0 Å².